The summed E-state index contributed by atoms with van der Waals surface area (Å²) in [7, 11) is 1.63. The smallest absolute Gasteiger partial charge is 0.328 e. The molecule has 7 nitrogen and oxygen atoms in total. The van der Waals surface area contributed by atoms with Gasteiger partial charge in [0.25, 0.3) is 5.91 Å². The lowest BCUT2D eigenvalue weighted by Gasteiger charge is -2.36. The lowest BCUT2D eigenvalue weighted by atomic mass is 9.81. The molecule has 1 heterocycles. The number of ether oxygens (including phenoxy) is 3. The van der Waals surface area contributed by atoms with Crippen LogP contribution >= 0.6 is 0 Å². The van der Waals surface area contributed by atoms with E-state index in [9.17, 15) is 9.59 Å². The summed E-state index contributed by atoms with van der Waals surface area (Å²) in [4.78, 5) is 31.1. The second-order valence-corrected chi connectivity index (χ2v) is 8.47. The van der Waals surface area contributed by atoms with E-state index >= 15 is 0 Å². The van der Waals surface area contributed by atoms with Gasteiger partial charge >= 0.3 is 6.03 Å². The summed E-state index contributed by atoms with van der Waals surface area (Å²) in [5.41, 5.74) is 1.09. The van der Waals surface area contributed by atoms with Crippen LogP contribution in [0, 0.1) is 0 Å². The molecule has 0 aliphatic carbocycles. The van der Waals surface area contributed by atoms with Crippen molar-refractivity contribution in [3.05, 3.63) is 108 Å². The van der Waals surface area contributed by atoms with Gasteiger partial charge in [0.1, 0.15) is 0 Å². The minimum atomic E-state index is -1.29. The highest BCUT2D eigenvalue weighted by Crippen LogP contribution is 2.43. The summed E-state index contributed by atoms with van der Waals surface area (Å²) in [6, 6.07) is 28.2. The van der Waals surface area contributed by atoms with Crippen LogP contribution in [0.25, 0.3) is 0 Å². The van der Waals surface area contributed by atoms with E-state index < -0.39 is 5.54 Å². The van der Waals surface area contributed by atoms with E-state index in [-0.39, 0.29) is 31.6 Å². The van der Waals surface area contributed by atoms with Crippen molar-refractivity contribution in [2.24, 2.45) is 0 Å². The minimum Gasteiger partial charge on any atom is -0.382 e. The summed E-state index contributed by atoms with van der Waals surface area (Å²) < 4.78 is 16.2. The van der Waals surface area contributed by atoms with Gasteiger partial charge in [0.2, 0.25) is 0 Å². The predicted molar refractivity (Wildman–Crippen MR) is 136 cm³/mol. The SMILES string of the molecule is COCCOCCOCCN1C(=O)N(Cc2ccccc2)C(=O)C1(c1ccccc1)c1ccccc1. The summed E-state index contributed by atoms with van der Waals surface area (Å²) in [6.07, 6.45) is 0. The van der Waals surface area contributed by atoms with Crippen LogP contribution in [0.2, 0.25) is 0 Å². The highest BCUT2D eigenvalue weighted by atomic mass is 16.5. The monoisotopic (exact) mass is 488 g/mol. The van der Waals surface area contributed by atoms with Crippen molar-refractivity contribution in [2.45, 2.75) is 12.1 Å². The molecule has 1 saturated heterocycles. The van der Waals surface area contributed by atoms with Gasteiger partial charge in [0, 0.05) is 13.7 Å². The van der Waals surface area contributed by atoms with Crippen molar-refractivity contribution in [1.29, 1.82) is 0 Å². The molecule has 3 aromatic carbocycles. The number of amides is 3. The molecule has 0 spiro atoms. The van der Waals surface area contributed by atoms with Gasteiger partial charge in [-0.2, -0.15) is 0 Å². The number of methoxy groups -OCH3 is 1. The van der Waals surface area contributed by atoms with E-state index in [2.05, 4.69) is 0 Å². The first-order chi connectivity index (χ1) is 17.7. The molecule has 1 aliphatic heterocycles. The highest BCUT2D eigenvalue weighted by molar-refractivity contribution is 6.09. The molecule has 3 aromatic rings. The Balaban J connectivity index is 1.64. The number of nitrogens with zero attached hydrogens (tertiary/aromatic N) is 2. The summed E-state index contributed by atoms with van der Waals surface area (Å²) >= 11 is 0. The number of carbonyl (C=O) groups excluding carboxylic acids is 2. The maximum atomic E-state index is 14.3. The number of urea groups is 1. The van der Waals surface area contributed by atoms with Gasteiger partial charge in [-0.25, -0.2) is 4.79 Å². The van der Waals surface area contributed by atoms with Gasteiger partial charge in [-0.1, -0.05) is 91.0 Å². The van der Waals surface area contributed by atoms with Gasteiger partial charge in [-0.15, -0.1) is 0 Å². The van der Waals surface area contributed by atoms with Crippen molar-refractivity contribution in [2.75, 3.05) is 46.7 Å². The van der Waals surface area contributed by atoms with Crippen molar-refractivity contribution in [3.8, 4) is 0 Å². The van der Waals surface area contributed by atoms with E-state index in [0.29, 0.717) is 26.4 Å². The zero-order valence-corrected chi connectivity index (χ0v) is 20.5. The Morgan fingerprint density at radius 3 is 1.72 bits per heavy atom. The third-order valence-electron chi connectivity index (χ3n) is 6.25. The molecule has 36 heavy (non-hydrogen) atoms. The van der Waals surface area contributed by atoms with Crippen molar-refractivity contribution < 1.29 is 23.8 Å². The summed E-state index contributed by atoms with van der Waals surface area (Å²) in [5, 5.41) is 0. The molecule has 188 valence electrons. The number of hydrogen-bond acceptors (Lipinski definition) is 5. The fourth-order valence-electron chi connectivity index (χ4n) is 4.56. The fourth-order valence-corrected chi connectivity index (χ4v) is 4.56. The average Bonchev–Trinajstić information content (AvgIpc) is 3.13. The van der Waals surface area contributed by atoms with E-state index in [0.717, 1.165) is 16.7 Å². The van der Waals surface area contributed by atoms with Gasteiger partial charge in [-0.05, 0) is 16.7 Å². The van der Waals surface area contributed by atoms with Crippen LogP contribution in [0.4, 0.5) is 4.79 Å². The lowest BCUT2D eigenvalue weighted by Crippen LogP contribution is -2.49. The van der Waals surface area contributed by atoms with E-state index in [1.807, 2.05) is 91.0 Å². The van der Waals surface area contributed by atoms with Crippen molar-refractivity contribution in [3.63, 3.8) is 0 Å². The minimum absolute atomic E-state index is 0.199. The molecule has 0 radical (unpaired) electrons. The molecule has 0 bridgehead atoms. The predicted octanol–water partition coefficient (Wildman–Crippen LogP) is 4.07. The van der Waals surface area contributed by atoms with Crippen LogP contribution < -0.4 is 0 Å². The molecule has 0 atom stereocenters. The quantitative estimate of drug-likeness (QED) is 0.268. The maximum absolute atomic E-state index is 14.3. The van der Waals surface area contributed by atoms with Crippen LogP contribution in [0.1, 0.15) is 16.7 Å². The molecular formula is C29H32N2O5. The van der Waals surface area contributed by atoms with E-state index in [1.165, 1.54) is 4.90 Å². The summed E-state index contributed by atoms with van der Waals surface area (Å²) in [6.45, 7) is 2.56. The molecule has 0 unspecified atom stereocenters. The van der Waals surface area contributed by atoms with Gasteiger partial charge in [0.05, 0.1) is 39.6 Å². The molecular weight excluding hydrogens is 456 g/mol. The normalized spacial score (nSPS) is 15.0. The van der Waals surface area contributed by atoms with Gasteiger partial charge in [-0.3, -0.25) is 14.6 Å². The van der Waals surface area contributed by atoms with Crippen molar-refractivity contribution >= 4 is 11.9 Å². The summed E-state index contributed by atoms with van der Waals surface area (Å²) in [5.74, 6) is -0.267. The van der Waals surface area contributed by atoms with E-state index in [4.69, 9.17) is 14.2 Å². The molecule has 0 saturated carbocycles. The maximum Gasteiger partial charge on any atom is 0.328 e. The van der Waals surface area contributed by atoms with Crippen LogP contribution in [-0.4, -0.2) is 68.4 Å². The molecule has 0 N–H and O–H groups in total. The first kappa shape index (κ1) is 25.6. The number of benzene rings is 3. The first-order valence-electron chi connectivity index (χ1n) is 12.1. The fraction of sp³-hybridized carbons (Fsp3) is 0.310. The standard InChI is InChI=1S/C29H32N2O5/c1-34-19-20-36-22-21-35-18-17-31-28(33)30(23-24-11-5-2-6-12-24)27(32)29(31,25-13-7-3-8-14-25)26-15-9-4-10-16-26/h2-16H,17-23H2,1H3. The zero-order chi connectivity index (χ0) is 25.2. The Kier molecular flexibility index (Phi) is 8.84. The second-order valence-electron chi connectivity index (χ2n) is 8.47. The van der Waals surface area contributed by atoms with Crippen LogP contribution in [0.3, 0.4) is 0 Å². The Morgan fingerprint density at radius 2 is 1.17 bits per heavy atom. The third kappa shape index (κ3) is 5.33. The first-order valence-corrected chi connectivity index (χ1v) is 12.1. The topological polar surface area (TPSA) is 68.3 Å². The second kappa shape index (κ2) is 12.4. The molecule has 7 heteroatoms. The van der Waals surface area contributed by atoms with E-state index in [1.54, 1.807) is 12.0 Å². The largest absolute Gasteiger partial charge is 0.382 e. The number of carbonyl (C=O) groups is 2. The van der Waals surface area contributed by atoms with Crippen LogP contribution in [0.5, 0.6) is 0 Å². The molecule has 1 aliphatic rings. The Bertz CT molecular complexity index is 1070. The van der Waals surface area contributed by atoms with Gasteiger partial charge in [0.15, 0.2) is 5.54 Å². The van der Waals surface area contributed by atoms with Gasteiger partial charge < -0.3 is 14.2 Å². The Labute approximate surface area is 212 Å². The van der Waals surface area contributed by atoms with Crippen LogP contribution in [-0.2, 0) is 31.1 Å². The average molecular weight is 489 g/mol. The molecule has 1 fully saturated rings. The Morgan fingerprint density at radius 1 is 0.667 bits per heavy atom. The highest BCUT2D eigenvalue weighted by Gasteiger charge is 2.59. The molecule has 0 aromatic heterocycles. The van der Waals surface area contributed by atoms with Crippen molar-refractivity contribution in [1.82, 2.24) is 9.80 Å². The molecule has 4 rings (SSSR count). The number of rotatable bonds is 13. The molecule has 3 amide bonds. The zero-order valence-electron chi connectivity index (χ0n) is 20.5. The number of hydrogen-bond donors (Lipinski definition) is 0. The third-order valence-corrected chi connectivity index (χ3v) is 6.25. The van der Waals surface area contributed by atoms with Crippen LogP contribution in [0.15, 0.2) is 91.0 Å². The number of imide groups is 1. The lowest BCUT2D eigenvalue weighted by molar-refractivity contribution is -0.132. The Hall–Kier alpha value is -3.52.